The van der Waals surface area contributed by atoms with E-state index in [9.17, 15) is 0 Å². The summed E-state index contributed by atoms with van der Waals surface area (Å²) in [6, 6.07) is 1.82. The van der Waals surface area contributed by atoms with E-state index in [1.165, 1.54) is 0 Å². The average molecular weight is 279 g/mol. The molecule has 2 aromatic rings. The molecule has 0 aliphatic heterocycles. The van der Waals surface area contributed by atoms with Crippen LogP contribution >= 0.6 is 0 Å². The molecular weight excluding hydrogens is 258 g/mol. The normalized spacial score (nSPS) is 14.4. The van der Waals surface area contributed by atoms with Crippen molar-refractivity contribution in [2.24, 2.45) is 5.73 Å². The largest absolute Gasteiger partial charge is 0.469 e. The van der Waals surface area contributed by atoms with Crippen molar-refractivity contribution in [3.8, 4) is 11.5 Å². The third kappa shape index (κ3) is 3.08. The van der Waals surface area contributed by atoms with Crippen LogP contribution in [0.4, 0.5) is 0 Å². The summed E-state index contributed by atoms with van der Waals surface area (Å²) < 4.78 is 16.1. The molecular formula is C14H21N3O3. The van der Waals surface area contributed by atoms with E-state index in [1.807, 2.05) is 26.8 Å². The molecule has 0 fully saturated rings. The second-order valence-corrected chi connectivity index (χ2v) is 5.00. The van der Waals surface area contributed by atoms with Gasteiger partial charge in [-0.3, -0.25) is 0 Å². The first-order valence-electron chi connectivity index (χ1n) is 6.86. The summed E-state index contributed by atoms with van der Waals surface area (Å²) in [7, 11) is 0. The quantitative estimate of drug-likeness (QED) is 0.783. The Labute approximate surface area is 118 Å². The first kappa shape index (κ1) is 14.7. The molecule has 6 heteroatoms. The fraction of sp³-hybridized carbons (Fsp3) is 0.571. The van der Waals surface area contributed by atoms with Gasteiger partial charge in [0.25, 0.3) is 5.89 Å². The van der Waals surface area contributed by atoms with Gasteiger partial charge in [-0.25, -0.2) is 0 Å². The Morgan fingerprint density at radius 1 is 1.40 bits per heavy atom. The number of aryl methyl sites for hydroxylation is 1. The number of ether oxygens (including phenoxy) is 1. The summed E-state index contributed by atoms with van der Waals surface area (Å²) >= 11 is 0. The highest BCUT2D eigenvalue weighted by molar-refractivity contribution is 5.55. The van der Waals surface area contributed by atoms with Gasteiger partial charge < -0.3 is 19.4 Å². The minimum absolute atomic E-state index is 0.353. The van der Waals surface area contributed by atoms with Crippen molar-refractivity contribution in [2.75, 3.05) is 13.2 Å². The highest BCUT2D eigenvalue weighted by Crippen LogP contribution is 2.25. The van der Waals surface area contributed by atoms with Gasteiger partial charge >= 0.3 is 0 Å². The summed E-state index contributed by atoms with van der Waals surface area (Å²) in [4.78, 5) is 4.37. The van der Waals surface area contributed by atoms with Crippen LogP contribution in [-0.4, -0.2) is 23.4 Å². The van der Waals surface area contributed by atoms with E-state index < -0.39 is 5.54 Å². The predicted octanol–water partition coefficient (Wildman–Crippen LogP) is 2.49. The molecule has 0 saturated carbocycles. The van der Waals surface area contributed by atoms with Gasteiger partial charge in [-0.05, 0) is 19.4 Å². The molecule has 0 amide bonds. The van der Waals surface area contributed by atoms with E-state index in [4.69, 9.17) is 19.4 Å². The van der Waals surface area contributed by atoms with Crippen LogP contribution in [0.15, 0.2) is 21.3 Å². The molecule has 0 radical (unpaired) electrons. The summed E-state index contributed by atoms with van der Waals surface area (Å²) in [5, 5.41) is 3.97. The maximum absolute atomic E-state index is 6.18. The molecule has 1 unspecified atom stereocenters. The maximum atomic E-state index is 6.18. The number of aromatic nitrogens is 2. The lowest BCUT2D eigenvalue weighted by atomic mass is 10.1. The van der Waals surface area contributed by atoms with E-state index in [0.717, 1.165) is 24.2 Å². The van der Waals surface area contributed by atoms with Crippen LogP contribution in [0.5, 0.6) is 0 Å². The van der Waals surface area contributed by atoms with Gasteiger partial charge in [0.1, 0.15) is 11.3 Å². The summed E-state index contributed by atoms with van der Waals surface area (Å²) in [6.07, 6.45) is 3.33. The van der Waals surface area contributed by atoms with Crippen LogP contribution in [0, 0.1) is 0 Å². The van der Waals surface area contributed by atoms with Gasteiger partial charge in [0, 0.05) is 13.0 Å². The van der Waals surface area contributed by atoms with Crippen LogP contribution in [0.2, 0.25) is 0 Å². The van der Waals surface area contributed by atoms with Crippen molar-refractivity contribution in [3.05, 3.63) is 23.9 Å². The Morgan fingerprint density at radius 3 is 2.90 bits per heavy atom. The molecule has 2 heterocycles. The van der Waals surface area contributed by atoms with Gasteiger partial charge in [0.05, 0.1) is 18.4 Å². The topological polar surface area (TPSA) is 87.3 Å². The Kier molecular flexibility index (Phi) is 4.57. The Balaban J connectivity index is 2.16. The minimum atomic E-state index is -0.771. The SMILES string of the molecule is CCCOCC(C)(N)c1noc(-c2ccoc2CC)n1. The number of rotatable bonds is 7. The lowest BCUT2D eigenvalue weighted by Gasteiger charge is -2.19. The number of hydrogen-bond acceptors (Lipinski definition) is 6. The van der Waals surface area contributed by atoms with Gasteiger partial charge in [-0.15, -0.1) is 0 Å². The first-order valence-corrected chi connectivity index (χ1v) is 6.86. The van der Waals surface area contributed by atoms with Gasteiger partial charge in [0.2, 0.25) is 0 Å². The summed E-state index contributed by atoms with van der Waals surface area (Å²) in [6.45, 7) is 6.90. The highest BCUT2D eigenvalue weighted by Gasteiger charge is 2.28. The molecule has 2 aromatic heterocycles. The lowest BCUT2D eigenvalue weighted by molar-refractivity contribution is 0.0867. The monoisotopic (exact) mass is 279 g/mol. The number of hydrogen-bond donors (Lipinski definition) is 1. The lowest BCUT2D eigenvalue weighted by Crippen LogP contribution is -2.39. The van der Waals surface area contributed by atoms with Crippen molar-refractivity contribution in [1.82, 2.24) is 10.1 Å². The third-order valence-electron chi connectivity index (χ3n) is 2.98. The molecule has 2 N–H and O–H groups in total. The van der Waals surface area contributed by atoms with E-state index >= 15 is 0 Å². The number of nitrogens with two attached hydrogens (primary N) is 1. The van der Waals surface area contributed by atoms with Crippen molar-refractivity contribution in [1.29, 1.82) is 0 Å². The molecule has 6 nitrogen and oxygen atoms in total. The Hall–Kier alpha value is -1.66. The van der Waals surface area contributed by atoms with Crippen LogP contribution in [0.25, 0.3) is 11.5 Å². The summed E-state index contributed by atoms with van der Waals surface area (Å²) in [5.74, 6) is 1.69. The third-order valence-corrected chi connectivity index (χ3v) is 2.98. The molecule has 110 valence electrons. The van der Waals surface area contributed by atoms with Crippen LogP contribution in [0.1, 0.15) is 38.8 Å². The van der Waals surface area contributed by atoms with Crippen molar-refractivity contribution in [2.45, 2.75) is 39.2 Å². The molecule has 0 aromatic carbocycles. The fourth-order valence-corrected chi connectivity index (χ4v) is 1.86. The highest BCUT2D eigenvalue weighted by atomic mass is 16.5. The zero-order chi connectivity index (χ0) is 14.6. The minimum Gasteiger partial charge on any atom is -0.469 e. The second kappa shape index (κ2) is 6.19. The summed E-state index contributed by atoms with van der Waals surface area (Å²) in [5.41, 5.74) is 6.23. The molecule has 20 heavy (non-hydrogen) atoms. The zero-order valence-electron chi connectivity index (χ0n) is 12.2. The molecule has 1 atom stereocenters. The first-order chi connectivity index (χ1) is 9.58. The Morgan fingerprint density at radius 2 is 2.20 bits per heavy atom. The smallest absolute Gasteiger partial charge is 0.261 e. The van der Waals surface area contributed by atoms with Crippen molar-refractivity contribution in [3.63, 3.8) is 0 Å². The molecule has 0 saturated heterocycles. The van der Waals surface area contributed by atoms with Gasteiger partial charge in [0.15, 0.2) is 5.82 Å². The average Bonchev–Trinajstić information content (AvgIpc) is 3.07. The van der Waals surface area contributed by atoms with Crippen LogP contribution in [-0.2, 0) is 16.7 Å². The van der Waals surface area contributed by atoms with Crippen molar-refractivity contribution >= 4 is 0 Å². The van der Waals surface area contributed by atoms with E-state index in [-0.39, 0.29) is 0 Å². The van der Waals surface area contributed by atoms with Crippen LogP contribution < -0.4 is 5.73 Å². The van der Waals surface area contributed by atoms with Gasteiger partial charge in [-0.1, -0.05) is 19.0 Å². The van der Waals surface area contributed by atoms with Crippen LogP contribution in [0.3, 0.4) is 0 Å². The van der Waals surface area contributed by atoms with Gasteiger partial charge in [-0.2, -0.15) is 4.98 Å². The molecule has 0 aliphatic rings. The fourth-order valence-electron chi connectivity index (χ4n) is 1.86. The molecule has 0 spiro atoms. The molecule has 0 aliphatic carbocycles. The number of furan rings is 1. The predicted molar refractivity (Wildman–Crippen MR) is 74.0 cm³/mol. The van der Waals surface area contributed by atoms with Crippen molar-refractivity contribution < 1.29 is 13.7 Å². The Bertz CT molecular complexity index is 545. The van der Waals surface area contributed by atoms with E-state index in [2.05, 4.69) is 10.1 Å². The standard InChI is InChI=1S/C14H21N3O3/c1-4-7-18-9-14(3,15)13-16-12(20-17-13)10-6-8-19-11(10)5-2/h6,8H,4-5,7,9,15H2,1-3H3. The molecule has 0 bridgehead atoms. The maximum Gasteiger partial charge on any atom is 0.261 e. The second-order valence-electron chi connectivity index (χ2n) is 5.00. The zero-order valence-corrected chi connectivity index (χ0v) is 12.2. The molecule has 2 rings (SSSR count). The van der Waals surface area contributed by atoms with E-state index in [1.54, 1.807) is 6.26 Å². The number of nitrogens with zero attached hydrogens (tertiary/aromatic N) is 2. The van der Waals surface area contributed by atoms with E-state index in [0.29, 0.717) is 24.9 Å².